The average molecular weight is 620 g/mol. The van der Waals surface area contributed by atoms with Crippen LogP contribution in [0.15, 0.2) is 72.9 Å². The highest BCUT2D eigenvalue weighted by Gasteiger charge is 2.21. The van der Waals surface area contributed by atoms with Crippen molar-refractivity contribution in [2.24, 2.45) is 5.84 Å². The standard InChI is InChI=1S/C31H28Cl2N6O4/c32-21-5-3-19(4-6-21)17-42-28-8-7-22(12-25(28)33)38-31-20(15-34)16-36-26-14-29(43-23-9-11-41-18-23)27(13-24(26)31)39-30(40)2-1-10-37-35/h1-8,12-14,16,23,37H,9-11,17-18,35H2,(H,36,38)(H,39,40)/b2-1+. The number of pyridine rings is 1. The van der Waals surface area contributed by atoms with Crippen molar-refractivity contribution in [2.75, 3.05) is 30.4 Å². The van der Waals surface area contributed by atoms with Crippen molar-refractivity contribution in [3.05, 3.63) is 94.1 Å². The minimum atomic E-state index is -0.373. The Hall–Kier alpha value is -4.37. The Morgan fingerprint density at radius 2 is 2.00 bits per heavy atom. The number of carbonyl (C=O) groups is 1. The summed E-state index contributed by atoms with van der Waals surface area (Å²) in [5, 5.41) is 17.7. The van der Waals surface area contributed by atoms with E-state index in [0.29, 0.717) is 81.4 Å². The highest BCUT2D eigenvalue weighted by molar-refractivity contribution is 6.32. The molecule has 0 saturated carbocycles. The lowest BCUT2D eigenvalue weighted by molar-refractivity contribution is -0.111. The monoisotopic (exact) mass is 618 g/mol. The van der Waals surface area contributed by atoms with Crippen LogP contribution in [0, 0.1) is 11.3 Å². The van der Waals surface area contributed by atoms with Crippen molar-refractivity contribution in [1.29, 1.82) is 5.26 Å². The number of hydrogen-bond donors (Lipinski definition) is 4. The molecule has 0 aliphatic carbocycles. The Kier molecular flexibility index (Phi) is 9.94. The van der Waals surface area contributed by atoms with Gasteiger partial charge in [-0.2, -0.15) is 5.26 Å². The van der Waals surface area contributed by atoms with Crippen LogP contribution in [0.1, 0.15) is 17.5 Å². The molecule has 5 rings (SSSR count). The van der Waals surface area contributed by atoms with Gasteiger partial charge in [-0.25, -0.2) is 0 Å². The summed E-state index contributed by atoms with van der Waals surface area (Å²) in [6, 6.07) is 18.3. The molecule has 12 heteroatoms. The molecule has 1 aromatic heterocycles. The summed E-state index contributed by atoms with van der Waals surface area (Å²) in [5.74, 6) is 5.86. The number of aromatic nitrogens is 1. The predicted octanol–water partition coefficient (Wildman–Crippen LogP) is 5.86. The van der Waals surface area contributed by atoms with Gasteiger partial charge in [0, 0.05) is 47.4 Å². The summed E-state index contributed by atoms with van der Waals surface area (Å²) in [4.78, 5) is 17.2. The van der Waals surface area contributed by atoms with E-state index in [1.165, 1.54) is 12.3 Å². The summed E-state index contributed by atoms with van der Waals surface area (Å²) >= 11 is 12.5. The SMILES string of the molecule is N#Cc1cnc2cc(OC3CCOC3)c(NC(=O)/C=C/CNN)cc2c1Nc1ccc(OCc2ccc(Cl)cc2)c(Cl)c1. The second kappa shape index (κ2) is 14.2. The molecule has 1 atom stereocenters. The fraction of sp³-hybridized carbons (Fsp3) is 0.194. The van der Waals surface area contributed by atoms with E-state index in [2.05, 4.69) is 27.1 Å². The van der Waals surface area contributed by atoms with Gasteiger partial charge < -0.3 is 24.8 Å². The lowest BCUT2D eigenvalue weighted by Gasteiger charge is -2.18. The number of carbonyl (C=O) groups excluding carboxylic acids is 1. The van der Waals surface area contributed by atoms with E-state index >= 15 is 0 Å². The van der Waals surface area contributed by atoms with Gasteiger partial charge in [-0.3, -0.25) is 21.0 Å². The summed E-state index contributed by atoms with van der Waals surface area (Å²) in [6.45, 7) is 1.69. The van der Waals surface area contributed by atoms with E-state index in [1.54, 1.807) is 48.5 Å². The molecule has 0 radical (unpaired) electrons. The summed E-state index contributed by atoms with van der Waals surface area (Å²) in [7, 11) is 0. The van der Waals surface area contributed by atoms with Crippen LogP contribution in [0.4, 0.5) is 17.1 Å². The molecule has 43 heavy (non-hydrogen) atoms. The quantitative estimate of drug-likeness (QED) is 0.0922. The molecule has 0 bridgehead atoms. The normalized spacial score (nSPS) is 14.5. The van der Waals surface area contributed by atoms with E-state index in [9.17, 15) is 10.1 Å². The molecule has 1 saturated heterocycles. The number of ether oxygens (including phenoxy) is 3. The maximum atomic E-state index is 12.7. The average Bonchev–Trinajstić information content (AvgIpc) is 3.51. The first-order valence-corrected chi connectivity index (χ1v) is 14.1. The molecule has 1 unspecified atom stereocenters. The highest BCUT2D eigenvalue weighted by Crippen LogP contribution is 2.38. The van der Waals surface area contributed by atoms with Crippen LogP contribution >= 0.6 is 23.2 Å². The smallest absolute Gasteiger partial charge is 0.248 e. The van der Waals surface area contributed by atoms with E-state index in [1.807, 2.05) is 12.1 Å². The van der Waals surface area contributed by atoms with E-state index in [-0.39, 0.29) is 12.0 Å². The molecule has 4 aromatic rings. The number of hydrazine groups is 1. The minimum Gasteiger partial charge on any atom is -0.487 e. The number of amides is 1. The van der Waals surface area contributed by atoms with E-state index in [0.717, 1.165) is 12.0 Å². The van der Waals surface area contributed by atoms with Crippen molar-refractivity contribution in [3.63, 3.8) is 0 Å². The third kappa shape index (κ3) is 7.73. The number of rotatable bonds is 11. The van der Waals surface area contributed by atoms with Crippen molar-refractivity contribution < 1.29 is 19.0 Å². The molecule has 220 valence electrons. The number of fused-ring (bicyclic) bond motifs is 1. The lowest BCUT2D eigenvalue weighted by Crippen LogP contribution is -2.22. The van der Waals surface area contributed by atoms with Gasteiger partial charge in [-0.1, -0.05) is 41.4 Å². The minimum absolute atomic E-state index is 0.163. The Morgan fingerprint density at radius 1 is 1.16 bits per heavy atom. The number of hydrogen-bond acceptors (Lipinski definition) is 9. The van der Waals surface area contributed by atoms with Crippen LogP contribution in [0.5, 0.6) is 11.5 Å². The zero-order valence-electron chi connectivity index (χ0n) is 22.9. The Morgan fingerprint density at radius 3 is 2.72 bits per heavy atom. The van der Waals surface area contributed by atoms with Crippen LogP contribution in [0.25, 0.3) is 10.9 Å². The van der Waals surface area contributed by atoms with Gasteiger partial charge in [0.2, 0.25) is 5.91 Å². The third-order valence-electron chi connectivity index (χ3n) is 6.54. The van der Waals surface area contributed by atoms with Gasteiger partial charge in [-0.15, -0.1) is 0 Å². The first kappa shape index (κ1) is 30.1. The number of nitrogens with two attached hydrogens (primary N) is 1. The Balaban J connectivity index is 1.45. The topological polar surface area (TPSA) is 144 Å². The number of nitriles is 1. The lowest BCUT2D eigenvalue weighted by atomic mass is 10.1. The molecule has 0 spiro atoms. The number of benzene rings is 3. The first-order chi connectivity index (χ1) is 20.9. The van der Waals surface area contributed by atoms with Gasteiger partial charge in [0.1, 0.15) is 30.3 Å². The number of halogens is 2. The summed E-state index contributed by atoms with van der Waals surface area (Å²) in [6.07, 6.45) is 5.01. The number of nitrogens with one attached hydrogen (secondary N) is 3. The van der Waals surface area contributed by atoms with Crippen LogP contribution in [0.3, 0.4) is 0 Å². The molecular formula is C31H28Cl2N6O4. The fourth-order valence-electron chi connectivity index (χ4n) is 4.41. The predicted molar refractivity (Wildman–Crippen MR) is 167 cm³/mol. The van der Waals surface area contributed by atoms with Gasteiger partial charge >= 0.3 is 0 Å². The molecule has 10 nitrogen and oxygen atoms in total. The molecular weight excluding hydrogens is 591 g/mol. The van der Waals surface area contributed by atoms with Crippen LogP contribution in [0.2, 0.25) is 10.0 Å². The van der Waals surface area contributed by atoms with Gasteiger partial charge in [0.05, 0.1) is 40.7 Å². The molecule has 1 aliphatic heterocycles. The van der Waals surface area contributed by atoms with Crippen LogP contribution in [-0.2, 0) is 16.1 Å². The van der Waals surface area contributed by atoms with Crippen molar-refractivity contribution in [2.45, 2.75) is 19.1 Å². The fourth-order valence-corrected chi connectivity index (χ4v) is 4.77. The number of nitrogens with zero attached hydrogens (tertiary/aromatic N) is 2. The van der Waals surface area contributed by atoms with E-state index < -0.39 is 0 Å². The van der Waals surface area contributed by atoms with Crippen molar-refractivity contribution >= 4 is 57.1 Å². The summed E-state index contributed by atoms with van der Waals surface area (Å²) in [5.41, 5.74) is 5.81. The molecule has 3 aromatic carbocycles. The maximum absolute atomic E-state index is 12.7. The van der Waals surface area contributed by atoms with Crippen LogP contribution < -0.4 is 31.4 Å². The van der Waals surface area contributed by atoms with Gasteiger partial charge in [0.25, 0.3) is 0 Å². The zero-order valence-corrected chi connectivity index (χ0v) is 24.4. The highest BCUT2D eigenvalue weighted by atomic mass is 35.5. The first-order valence-electron chi connectivity index (χ1n) is 13.4. The van der Waals surface area contributed by atoms with Crippen molar-refractivity contribution in [1.82, 2.24) is 10.4 Å². The molecule has 1 fully saturated rings. The third-order valence-corrected chi connectivity index (χ3v) is 7.09. The van der Waals surface area contributed by atoms with Gasteiger partial charge in [0.15, 0.2) is 0 Å². The number of anilines is 3. The largest absolute Gasteiger partial charge is 0.487 e. The molecule has 5 N–H and O–H groups in total. The Labute approximate surface area is 258 Å². The van der Waals surface area contributed by atoms with Crippen LogP contribution in [-0.4, -0.2) is 36.8 Å². The second-order valence-corrected chi connectivity index (χ2v) is 10.5. The zero-order chi connectivity index (χ0) is 30.2. The second-order valence-electron chi connectivity index (χ2n) is 9.61. The van der Waals surface area contributed by atoms with E-state index in [4.69, 9.17) is 43.3 Å². The Bertz CT molecular complexity index is 1680. The van der Waals surface area contributed by atoms with Gasteiger partial charge in [-0.05, 0) is 42.0 Å². The summed E-state index contributed by atoms with van der Waals surface area (Å²) < 4.78 is 17.5. The molecule has 1 aliphatic rings. The maximum Gasteiger partial charge on any atom is 0.248 e. The molecule has 2 heterocycles. The molecule has 1 amide bonds. The van der Waals surface area contributed by atoms with Crippen molar-refractivity contribution in [3.8, 4) is 17.6 Å².